The van der Waals surface area contributed by atoms with Crippen molar-refractivity contribution in [3.63, 3.8) is 0 Å². The van der Waals surface area contributed by atoms with E-state index in [9.17, 15) is 18.4 Å². The molecule has 5 heteroatoms. The Bertz CT molecular complexity index is 398. The number of Topliss-reactive ketones (excluding diaryl/α,β-unsaturated/α-hetero) is 1. The van der Waals surface area contributed by atoms with E-state index in [2.05, 4.69) is 5.32 Å². The molecule has 0 aliphatic carbocycles. The predicted molar refractivity (Wildman–Crippen MR) is 53.5 cm³/mol. The number of amides is 1. The Morgan fingerprint density at radius 2 is 1.75 bits per heavy atom. The van der Waals surface area contributed by atoms with E-state index in [0.29, 0.717) is 5.56 Å². The van der Waals surface area contributed by atoms with Gasteiger partial charge in [-0.2, -0.15) is 0 Å². The van der Waals surface area contributed by atoms with Crippen LogP contribution in [-0.4, -0.2) is 11.7 Å². The maximum absolute atomic E-state index is 12.8. The van der Waals surface area contributed by atoms with Crippen molar-refractivity contribution < 1.29 is 18.4 Å². The summed E-state index contributed by atoms with van der Waals surface area (Å²) in [5.74, 6) is -2.12. The first kappa shape index (κ1) is 12.3. The van der Waals surface area contributed by atoms with Crippen LogP contribution < -0.4 is 5.32 Å². The number of benzene rings is 1. The van der Waals surface area contributed by atoms with Gasteiger partial charge in [-0.15, -0.1) is 0 Å². The van der Waals surface area contributed by atoms with E-state index in [0.717, 1.165) is 18.2 Å². The minimum Gasteiger partial charge on any atom is -0.352 e. The summed E-state index contributed by atoms with van der Waals surface area (Å²) in [6.45, 7) is 1.29. The Hall–Kier alpha value is -1.78. The lowest BCUT2D eigenvalue weighted by atomic mass is 10.2. The number of carbonyl (C=O) groups is 2. The minimum absolute atomic E-state index is 0.000787. The van der Waals surface area contributed by atoms with Gasteiger partial charge in [-0.3, -0.25) is 9.59 Å². The molecule has 1 N–H and O–H groups in total. The van der Waals surface area contributed by atoms with Gasteiger partial charge in [-0.05, 0) is 24.6 Å². The summed E-state index contributed by atoms with van der Waals surface area (Å²) in [7, 11) is 0. The molecule has 0 spiro atoms. The number of hydrogen-bond acceptors (Lipinski definition) is 2. The normalized spacial score (nSPS) is 9.94. The minimum atomic E-state index is -0.698. The van der Waals surface area contributed by atoms with E-state index in [-0.39, 0.29) is 18.7 Å². The van der Waals surface area contributed by atoms with Crippen LogP contribution in [0.15, 0.2) is 18.2 Å². The molecule has 1 aromatic rings. The smallest absolute Gasteiger partial charge is 0.227 e. The topological polar surface area (TPSA) is 46.2 Å². The summed E-state index contributed by atoms with van der Waals surface area (Å²) in [5.41, 5.74) is 0.314. The van der Waals surface area contributed by atoms with E-state index in [1.807, 2.05) is 0 Å². The summed E-state index contributed by atoms with van der Waals surface area (Å²) in [4.78, 5) is 21.7. The maximum atomic E-state index is 12.8. The highest BCUT2D eigenvalue weighted by Crippen LogP contribution is 2.07. The van der Waals surface area contributed by atoms with Crippen LogP contribution in [-0.2, 0) is 16.1 Å². The molecule has 16 heavy (non-hydrogen) atoms. The van der Waals surface area contributed by atoms with Gasteiger partial charge in [-0.1, -0.05) is 0 Å². The van der Waals surface area contributed by atoms with Crippen molar-refractivity contribution in [1.29, 1.82) is 0 Å². The molecule has 1 amide bonds. The average Bonchev–Trinajstić information content (AvgIpc) is 2.12. The first-order valence-electron chi connectivity index (χ1n) is 4.68. The third-order valence-electron chi connectivity index (χ3n) is 1.82. The van der Waals surface area contributed by atoms with Gasteiger partial charge < -0.3 is 5.32 Å². The van der Waals surface area contributed by atoms with E-state index < -0.39 is 17.5 Å². The number of ketones is 1. The fourth-order valence-electron chi connectivity index (χ4n) is 1.20. The Morgan fingerprint density at radius 3 is 2.25 bits per heavy atom. The van der Waals surface area contributed by atoms with Gasteiger partial charge in [-0.25, -0.2) is 8.78 Å². The van der Waals surface area contributed by atoms with Crippen LogP contribution in [0.2, 0.25) is 0 Å². The summed E-state index contributed by atoms with van der Waals surface area (Å²) in [6.07, 6.45) is -0.224. The van der Waals surface area contributed by atoms with Gasteiger partial charge in [0.05, 0.1) is 6.42 Å². The molecule has 0 fully saturated rings. The molecule has 0 heterocycles. The second-order valence-corrected chi connectivity index (χ2v) is 3.43. The van der Waals surface area contributed by atoms with Crippen LogP contribution in [0, 0.1) is 11.6 Å². The zero-order valence-electron chi connectivity index (χ0n) is 8.72. The van der Waals surface area contributed by atoms with Crippen LogP contribution in [0.3, 0.4) is 0 Å². The van der Waals surface area contributed by atoms with Crippen LogP contribution in [0.25, 0.3) is 0 Å². The van der Waals surface area contributed by atoms with Crippen molar-refractivity contribution in [1.82, 2.24) is 5.32 Å². The van der Waals surface area contributed by atoms with E-state index >= 15 is 0 Å². The third-order valence-corrected chi connectivity index (χ3v) is 1.82. The molecule has 1 rings (SSSR count). The molecule has 0 aromatic heterocycles. The van der Waals surface area contributed by atoms with E-state index in [1.54, 1.807) is 0 Å². The summed E-state index contributed by atoms with van der Waals surface area (Å²) >= 11 is 0. The Labute approximate surface area is 91.5 Å². The molecule has 86 valence electrons. The number of carbonyl (C=O) groups excluding carboxylic acids is 2. The van der Waals surface area contributed by atoms with Crippen molar-refractivity contribution in [3.05, 3.63) is 35.4 Å². The molecular weight excluding hydrogens is 216 g/mol. The van der Waals surface area contributed by atoms with Crippen molar-refractivity contribution >= 4 is 11.7 Å². The Balaban J connectivity index is 2.54. The highest BCUT2D eigenvalue weighted by molar-refractivity contribution is 5.96. The molecule has 0 bridgehead atoms. The predicted octanol–water partition coefficient (Wildman–Crippen LogP) is 1.56. The van der Waals surface area contributed by atoms with Gasteiger partial charge in [0, 0.05) is 12.6 Å². The Morgan fingerprint density at radius 1 is 1.19 bits per heavy atom. The lowest BCUT2D eigenvalue weighted by Gasteiger charge is -2.04. The van der Waals surface area contributed by atoms with Crippen LogP contribution in [0.1, 0.15) is 18.9 Å². The summed E-state index contributed by atoms with van der Waals surface area (Å²) in [6, 6.07) is 3.00. The van der Waals surface area contributed by atoms with E-state index in [1.165, 1.54) is 6.92 Å². The first-order valence-corrected chi connectivity index (χ1v) is 4.68. The molecule has 0 aliphatic rings. The van der Waals surface area contributed by atoms with Crippen molar-refractivity contribution in [2.24, 2.45) is 0 Å². The van der Waals surface area contributed by atoms with Crippen molar-refractivity contribution in [2.45, 2.75) is 19.9 Å². The molecule has 0 saturated heterocycles. The number of nitrogens with one attached hydrogen (secondary N) is 1. The van der Waals surface area contributed by atoms with Crippen LogP contribution in [0.4, 0.5) is 8.78 Å². The number of hydrogen-bond donors (Lipinski definition) is 1. The standard InChI is InChI=1S/C11H11F2NO2/c1-7(15)2-11(16)14-6-8-3-9(12)5-10(13)4-8/h3-5H,2,6H2,1H3,(H,14,16). The molecule has 1 aromatic carbocycles. The molecular formula is C11H11F2NO2. The second-order valence-electron chi connectivity index (χ2n) is 3.43. The van der Waals surface area contributed by atoms with Crippen molar-refractivity contribution in [2.75, 3.05) is 0 Å². The fraction of sp³-hybridized carbons (Fsp3) is 0.273. The zero-order valence-corrected chi connectivity index (χ0v) is 8.72. The molecule has 3 nitrogen and oxygen atoms in total. The molecule has 0 saturated carbocycles. The fourth-order valence-corrected chi connectivity index (χ4v) is 1.20. The highest BCUT2D eigenvalue weighted by Gasteiger charge is 2.05. The number of rotatable bonds is 4. The second kappa shape index (κ2) is 5.34. The van der Waals surface area contributed by atoms with Crippen molar-refractivity contribution in [3.8, 4) is 0 Å². The van der Waals surface area contributed by atoms with Crippen LogP contribution in [0.5, 0.6) is 0 Å². The quantitative estimate of drug-likeness (QED) is 0.793. The Kier molecular flexibility index (Phi) is 4.10. The molecule has 0 aliphatic heterocycles. The molecule has 0 atom stereocenters. The van der Waals surface area contributed by atoms with Crippen LogP contribution >= 0.6 is 0 Å². The molecule has 0 radical (unpaired) electrons. The SMILES string of the molecule is CC(=O)CC(=O)NCc1cc(F)cc(F)c1. The van der Waals surface area contributed by atoms with Gasteiger partial charge >= 0.3 is 0 Å². The first-order chi connectivity index (χ1) is 7.47. The van der Waals surface area contributed by atoms with Gasteiger partial charge in [0.2, 0.25) is 5.91 Å². The largest absolute Gasteiger partial charge is 0.352 e. The number of halogens is 2. The van der Waals surface area contributed by atoms with Gasteiger partial charge in [0.15, 0.2) is 0 Å². The summed E-state index contributed by atoms with van der Waals surface area (Å²) in [5, 5.41) is 2.39. The monoisotopic (exact) mass is 227 g/mol. The maximum Gasteiger partial charge on any atom is 0.227 e. The van der Waals surface area contributed by atoms with E-state index in [4.69, 9.17) is 0 Å². The lowest BCUT2D eigenvalue weighted by molar-refractivity contribution is -0.127. The third kappa shape index (κ3) is 4.16. The molecule has 0 unspecified atom stereocenters. The zero-order chi connectivity index (χ0) is 12.1. The lowest BCUT2D eigenvalue weighted by Crippen LogP contribution is -2.24. The van der Waals surface area contributed by atoms with Gasteiger partial charge in [0.1, 0.15) is 17.4 Å². The average molecular weight is 227 g/mol. The highest BCUT2D eigenvalue weighted by atomic mass is 19.1. The van der Waals surface area contributed by atoms with Gasteiger partial charge in [0.25, 0.3) is 0 Å². The summed E-state index contributed by atoms with van der Waals surface area (Å²) < 4.78 is 25.5.